The summed E-state index contributed by atoms with van der Waals surface area (Å²) in [7, 11) is 1.23. The molecule has 3 atom stereocenters. The minimum Gasteiger partial charge on any atom is -0.490 e. The van der Waals surface area contributed by atoms with E-state index in [0.29, 0.717) is 19.3 Å². The van der Waals surface area contributed by atoms with Gasteiger partial charge in [0, 0.05) is 0 Å². The predicted molar refractivity (Wildman–Crippen MR) is 122 cm³/mol. The molecule has 9 heteroatoms. The van der Waals surface area contributed by atoms with Crippen LogP contribution in [0.1, 0.15) is 34.8 Å². The molecule has 0 bridgehead atoms. The summed E-state index contributed by atoms with van der Waals surface area (Å²) in [6.45, 7) is 3.95. The highest BCUT2D eigenvalue weighted by atomic mass is 16.5. The van der Waals surface area contributed by atoms with Crippen molar-refractivity contribution in [3.05, 3.63) is 59.2 Å². The number of rotatable bonds is 10. The SMILES string of the molecule is COC(=O)c1c(OC[C@H]2C[C@H](OCc3ccccc3)CN2C(=O)O)cc(C)cc1O[C@H](C)C=O. The van der Waals surface area contributed by atoms with Gasteiger partial charge in [-0.2, -0.15) is 0 Å². The molecule has 0 spiro atoms. The summed E-state index contributed by atoms with van der Waals surface area (Å²) in [6.07, 6.45) is -1.07. The van der Waals surface area contributed by atoms with Gasteiger partial charge in [0.2, 0.25) is 0 Å². The first-order valence-electron chi connectivity index (χ1n) is 10.9. The number of methoxy groups -OCH3 is 1. The highest BCUT2D eigenvalue weighted by Crippen LogP contribution is 2.33. The van der Waals surface area contributed by atoms with Crippen LogP contribution in [0.15, 0.2) is 42.5 Å². The number of likely N-dealkylation sites (tertiary alicyclic amines) is 1. The Morgan fingerprint density at radius 3 is 2.56 bits per heavy atom. The smallest absolute Gasteiger partial charge is 0.407 e. The van der Waals surface area contributed by atoms with Crippen molar-refractivity contribution in [2.75, 3.05) is 20.3 Å². The first-order chi connectivity index (χ1) is 16.3. The molecule has 34 heavy (non-hydrogen) atoms. The molecule has 1 N–H and O–H groups in total. The van der Waals surface area contributed by atoms with Crippen LogP contribution in [0.4, 0.5) is 4.79 Å². The van der Waals surface area contributed by atoms with Gasteiger partial charge < -0.3 is 24.1 Å². The van der Waals surface area contributed by atoms with Crippen LogP contribution < -0.4 is 9.47 Å². The van der Waals surface area contributed by atoms with Crippen molar-refractivity contribution in [2.24, 2.45) is 0 Å². The van der Waals surface area contributed by atoms with E-state index >= 15 is 0 Å². The molecule has 2 aromatic carbocycles. The van der Waals surface area contributed by atoms with Crippen LogP contribution in [0.2, 0.25) is 0 Å². The number of nitrogens with zero attached hydrogens (tertiary/aromatic N) is 1. The van der Waals surface area contributed by atoms with Gasteiger partial charge in [-0.25, -0.2) is 9.59 Å². The van der Waals surface area contributed by atoms with Gasteiger partial charge in [-0.15, -0.1) is 0 Å². The highest BCUT2D eigenvalue weighted by Gasteiger charge is 2.37. The first kappa shape index (κ1) is 25.0. The van der Waals surface area contributed by atoms with Gasteiger partial charge in [0.1, 0.15) is 23.7 Å². The molecule has 0 unspecified atom stereocenters. The molecular weight excluding hydrogens is 442 g/mol. The van der Waals surface area contributed by atoms with Crippen molar-refractivity contribution in [2.45, 2.75) is 45.1 Å². The topological polar surface area (TPSA) is 112 Å². The maximum Gasteiger partial charge on any atom is 0.407 e. The summed E-state index contributed by atoms with van der Waals surface area (Å²) in [5.74, 6) is -0.334. The molecule has 0 radical (unpaired) electrons. The fraction of sp³-hybridized carbons (Fsp3) is 0.400. The summed E-state index contributed by atoms with van der Waals surface area (Å²) in [6, 6.07) is 12.4. The van der Waals surface area contributed by atoms with Gasteiger partial charge in [0.05, 0.1) is 32.4 Å². The summed E-state index contributed by atoms with van der Waals surface area (Å²) in [5.41, 5.74) is 1.78. The lowest BCUT2D eigenvalue weighted by Crippen LogP contribution is -2.38. The number of carbonyl (C=O) groups is 3. The zero-order valence-electron chi connectivity index (χ0n) is 19.4. The molecule has 2 aromatic rings. The Morgan fingerprint density at radius 1 is 1.21 bits per heavy atom. The van der Waals surface area contributed by atoms with Crippen LogP contribution in [-0.4, -0.2) is 66.9 Å². The average Bonchev–Trinajstić information content (AvgIpc) is 3.25. The van der Waals surface area contributed by atoms with Gasteiger partial charge in [0.25, 0.3) is 0 Å². The van der Waals surface area contributed by atoms with E-state index in [1.807, 2.05) is 30.3 Å². The third kappa shape index (κ3) is 6.26. The number of benzene rings is 2. The Hall–Kier alpha value is -3.59. The largest absolute Gasteiger partial charge is 0.490 e. The third-order valence-corrected chi connectivity index (χ3v) is 5.49. The average molecular weight is 472 g/mol. The van der Waals surface area contributed by atoms with Crippen molar-refractivity contribution >= 4 is 18.3 Å². The van der Waals surface area contributed by atoms with Crippen LogP contribution in [0.25, 0.3) is 0 Å². The number of hydrogen-bond acceptors (Lipinski definition) is 7. The summed E-state index contributed by atoms with van der Waals surface area (Å²) >= 11 is 0. The van der Waals surface area contributed by atoms with E-state index in [4.69, 9.17) is 18.9 Å². The normalized spacial score (nSPS) is 18.3. The second-order valence-electron chi connectivity index (χ2n) is 8.14. The third-order valence-electron chi connectivity index (χ3n) is 5.49. The van der Waals surface area contributed by atoms with Crippen molar-refractivity contribution in [3.63, 3.8) is 0 Å². The summed E-state index contributed by atoms with van der Waals surface area (Å²) in [4.78, 5) is 36.6. The molecule has 1 saturated heterocycles. The molecule has 1 heterocycles. The van der Waals surface area contributed by atoms with E-state index in [-0.39, 0.29) is 36.3 Å². The lowest BCUT2D eigenvalue weighted by Gasteiger charge is -2.23. The summed E-state index contributed by atoms with van der Waals surface area (Å²) < 4.78 is 22.4. The minimum atomic E-state index is -1.07. The molecule has 0 saturated carbocycles. The molecule has 9 nitrogen and oxygen atoms in total. The Morgan fingerprint density at radius 2 is 1.91 bits per heavy atom. The Kier molecular flexibility index (Phi) is 8.48. The highest BCUT2D eigenvalue weighted by molar-refractivity contribution is 5.96. The van der Waals surface area contributed by atoms with E-state index in [1.54, 1.807) is 26.0 Å². The van der Waals surface area contributed by atoms with Crippen molar-refractivity contribution < 1.29 is 38.4 Å². The van der Waals surface area contributed by atoms with Crippen LogP contribution in [0, 0.1) is 6.92 Å². The standard InChI is InChI=1S/C25H29NO8/c1-16-9-21(23(24(28)31-3)22(10-16)34-17(2)13-27)33-15-19-11-20(12-26(19)25(29)30)32-14-18-7-5-4-6-8-18/h4-10,13,17,19-20H,11-12,14-15H2,1-3H3,(H,29,30)/t17-,19-,20+/m1/s1. The number of carboxylic acid groups (broad SMARTS) is 1. The number of esters is 1. The number of aldehydes is 1. The van der Waals surface area contributed by atoms with Gasteiger partial charge in [0.15, 0.2) is 12.4 Å². The monoisotopic (exact) mass is 471 g/mol. The van der Waals surface area contributed by atoms with Crippen molar-refractivity contribution in [3.8, 4) is 11.5 Å². The summed E-state index contributed by atoms with van der Waals surface area (Å²) in [5, 5.41) is 9.67. The van der Waals surface area contributed by atoms with E-state index in [1.165, 1.54) is 12.0 Å². The lowest BCUT2D eigenvalue weighted by atomic mass is 10.1. The first-order valence-corrected chi connectivity index (χ1v) is 10.9. The maximum absolute atomic E-state index is 12.5. The van der Waals surface area contributed by atoms with E-state index in [2.05, 4.69) is 0 Å². The number of carbonyl (C=O) groups excluding carboxylic acids is 2. The molecule has 182 valence electrons. The minimum absolute atomic E-state index is 0.00756. The zero-order valence-corrected chi connectivity index (χ0v) is 19.4. The van der Waals surface area contributed by atoms with E-state index in [9.17, 15) is 19.5 Å². The Bertz CT molecular complexity index is 1010. The molecule has 1 amide bonds. The molecule has 3 rings (SSSR count). The van der Waals surface area contributed by atoms with E-state index in [0.717, 1.165) is 11.1 Å². The fourth-order valence-corrected chi connectivity index (χ4v) is 3.82. The molecule has 1 fully saturated rings. The number of hydrogen-bond donors (Lipinski definition) is 1. The fourth-order valence-electron chi connectivity index (χ4n) is 3.82. The van der Waals surface area contributed by atoms with Crippen LogP contribution in [0.5, 0.6) is 11.5 Å². The number of ether oxygens (including phenoxy) is 4. The van der Waals surface area contributed by atoms with Gasteiger partial charge in [-0.05, 0) is 43.5 Å². The van der Waals surface area contributed by atoms with Crippen molar-refractivity contribution in [1.29, 1.82) is 0 Å². The molecule has 0 aromatic heterocycles. The van der Waals surface area contributed by atoms with Crippen LogP contribution >= 0.6 is 0 Å². The van der Waals surface area contributed by atoms with Gasteiger partial charge in [-0.3, -0.25) is 9.69 Å². The quantitative estimate of drug-likeness (QED) is 0.414. The molecule has 0 aliphatic carbocycles. The van der Waals surface area contributed by atoms with Gasteiger partial charge in [-0.1, -0.05) is 30.3 Å². The van der Waals surface area contributed by atoms with Crippen LogP contribution in [0.3, 0.4) is 0 Å². The van der Waals surface area contributed by atoms with Crippen LogP contribution in [-0.2, 0) is 20.9 Å². The van der Waals surface area contributed by atoms with Gasteiger partial charge >= 0.3 is 12.1 Å². The number of aryl methyl sites for hydroxylation is 1. The second kappa shape index (κ2) is 11.5. The van der Waals surface area contributed by atoms with E-state index < -0.39 is 24.2 Å². The second-order valence-corrected chi connectivity index (χ2v) is 8.14. The lowest BCUT2D eigenvalue weighted by molar-refractivity contribution is -0.113. The van der Waals surface area contributed by atoms with Crippen molar-refractivity contribution in [1.82, 2.24) is 4.90 Å². The predicted octanol–water partition coefficient (Wildman–Crippen LogP) is 3.46. The molecule has 1 aliphatic heterocycles. The maximum atomic E-state index is 12.5. The molecular formula is C25H29NO8. The Balaban J connectivity index is 1.74. The Labute approximate surface area is 198 Å². The number of amides is 1. The molecule has 1 aliphatic rings. The zero-order chi connectivity index (χ0) is 24.7.